The molecule has 0 aliphatic heterocycles. The molecule has 0 amide bonds. The molecule has 0 saturated heterocycles. The SMILES string of the molecule is COc1ccc(-c2cc3c(-c4cccnc4)cc(OC)cc3oc2=O)cc1. The molecule has 0 N–H and O–H groups in total. The Balaban J connectivity index is 1.98. The van der Waals surface area contributed by atoms with Crippen molar-refractivity contribution in [1.29, 1.82) is 0 Å². The van der Waals surface area contributed by atoms with Crippen molar-refractivity contribution in [3.8, 4) is 33.8 Å². The number of aromatic nitrogens is 1. The maximum absolute atomic E-state index is 12.6. The quantitative estimate of drug-likeness (QED) is 0.501. The Morgan fingerprint density at radius 2 is 1.63 bits per heavy atom. The number of ether oxygens (including phenoxy) is 2. The van der Waals surface area contributed by atoms with Crippen LogP contribution >= 0.6 is 0 Å². The molecule has 27 heavy (non-hydrogen) atoms. The van der Waals surface area contributed by atoms with Crippen LogP contribution in [0.15, 0.2) is 76.2 Å². The lowest BCUT2D eigenvalue weighted by atomic mass is 9.99. The summed E-state index contributed by atoms with van der Waals surface area (Å²) in [5.41, 5.74) is 3.11. The molecule has 0 fully saturated rings. The molecule has 2 heterocycles. The normalized spacial score (nSPS) is 10.7. The fourth-order valence-electron chi connectivity index (χ4n) is 3.04. The van der Waals surface area contributed by atoms with Crippen LogP contribution in [0.5, 0.6) is 11.5 Å². The zero-order valence-electron chi connectivity index (χ0n) is 14.9. The van der Waals surface area contributed by atoms with E-state index >= 15 is 0 Å². The molecule has 0 atom stereocenters. The molecule has 0 aliphatic carbocycles. The van der Waals surface area contributed by atoms with Gasteiger partial charge in [-0.2, -0.15) is 0 Å². The predicted molar refractivity (Wildman–Crippen MR) is 104 cm³/mol. The molecule has 5 nitrogen and oxygen atoms in total. The lowest BCUT2D eigenvalue weighted by molar-refractivity contribution is 0.414. The maximum Gasteiger partial charge on any atom is 0.344 e. The van der Waals surface area contributed by atoms with E-state index < -0.39 is 5.63 Å². The highest BCUT2D eigenvalue weighted by molar-refractivity contribution is 5.96. The summed E-state index contributed by atoms with van der Waals surface area (Å²) in [4.78, 5) is 16.8. The smallest absolute Gasteiger partial charge is 0.344 e. The Labute approximate surface area is 155 Å². The first-order chi connectivity index (χ1) is 13.2. The molecule has 0 saturated carbocycles. The minimum Gasteiger partial charge on any atom is -0.497 e. The monoisotopic (exact) mass is 359 g/mol. The van der Waals surface area contributed by atoms with E-state index in [1.54, 1.807) is 32.7 Å². The lowest BCUT2D eigenvalue weighted by Gasteiger charge is -2.10. The van der Waals surface area contributed by atoms with Crippen LogP contribution in [0, 0.1) is 0 Å². The summed E-state index contributed by atoms with van der Waals surface area (Å²) in [6, 6.07) is 16.6. The van der Waals surface area contributed by atoms with Crippen LogP contribution in [0.25, 0.3) is 33.2 Å². The van der Waals surface area contributed by atoms with Gasteiger partial charge in [0.2, 0.25) is 0 Å². The molecule has 0 spiro atoms. The van der Waals surface area contributed by atoms with Crippen LogP contribution < -0.4 is 15.1 Å². The Kier molecular flexibility index (Phi) is 4.34. The molecule has 2 aromatic heterocycles. The molecule has 0 aliphatic rings. The summed E-state index contributed by atoms with van der Waals surface area (Å²) < 4.78 is 16.2. The minimum atomic E-state index is -0.405. The van der Waals surface area contributed by atoms with Crippen LogP contribution in [0.4, 0.5) is 0 Å². The number of methoxy groups -OCH3 is 2. The van der Waals surface area contributed by atoms with Crippen molar-refractivity contribution in [1.82, 2.24) is 4.98 Å². The zero-order chi connectivity index (χ0) is 18.8. The second kappa shape index (κ2) is 6.96. The highest BCUT2D eigenvalue weighted by Crippen LogP contribution is 2.34. The molecular weight excluding hydrogens is 342 g/mol. The predicted octanol–water partition coefficient (Wildman–Crippen LogP) is 4.54. The van der Waals surface area contributed by atoms with E-state index in [0.29, 0.717) is 16.9 Å². The van der Waals surface area contributed by atoms with E-state index in [0.717, 1.165) is 27.8 Å². The third kappa shape index (κ3) is 3.15. The van der Waals surface area contributed by atoms with Crippen LogP contribution in [0.3, 0.4) is 0 Å². The van der Waals surface area contributed by atoms with Crippen LogP contribution in [0.1, 0.15) is 0 Å². The second-order valence-electron chi connectivity index (χ2n) is 6.00. The van der Waals surface area contributed by atoms with E-state index in [4.69, 9.17) is 13.9 Å². The van der Waals surface area contributed by atoms with E-state index in [1.165, 1.54) is 0 Å². The number of fused-ring (bicyclic) bond motifs is 1. The molecule has 5 heteroatoms. The van der Waals surface area contributed by atoms with Crippen molar-refractivity contribution < 1.29 is 13.9 Å². The molecule has 4 aromatic rings. The average Bonchev–Trinajstić information content (AvgIpc) is 2.73. The van der Waals surface area contributed by atoms with Gasteiger partial charge in [0, 0.05) is 29.4 Å². The fraction of sp³-hybridized carbons (Fsp3) is 0.0909. The summed E-state index contributed by atoms with van der Waals surface area (Å²) in [6.45, 7) is 0. The first-order valence-electron chi connectivity index (χ1n) is 8.40. The van der Waals surface area contributed by atoms with Gasteiger partial charge in [-0.15, -0.1) is 0 Å². The summed E-state index contributed by atoms with van der Waals surface area (Å²) in [5.74, 6) is 1.34. The molecule has 0 radical (unpaired) electrons. The van der Waals surface area contributed by atoms with E-state index in [2.05, 4.69) is 4.98 Å². The average molecular weight is 359 g/mol. The number of rotatable bonds is 4. The number of hydrogen-bond acceptors (Lipinski definition) is 5. The van der Waals surface area contributed by atoms with Gasteiger partial charge < -0.3 is 13.9 Å². The maximum atomic E-state index is 12.6. The van der Waals surface area contributed by atoms with Gasteiger partial charge in [0.25, 0.3) is 0 Å². The number of nitrogens with zero attached hydrogens (tertiary/aromatic N) is 1. The van der Waals surface area contributed by atoms with Crippen molar-refractivity contribution in [2.45, 2.75) is 0 Å². The third-order valence-electron chi connectivity index (χ3n) is 4.44. The molecular formula is C22H17NO4. The second-order valence-corrected chi connectivity index (χ2v) is 6.00. The van der Waals surface area contributed by atoms with E-state index in [1.807, 2.05) is 48.5 Å². The largest absolute Gasteiger partial charge is 0.497 e. The van der Waals surface area contributed by atoms with Crippen LogP contribution in [-0.2, 0) is 0 Å². The summed E-state index contributed by atoms with van der Waals surface area (Å²) in [7, 11) is 3.19. The van der Waals surface area contributed by atoms with Gasteiger partial charge in [-0.3, -0.25) is 4.98 Å². The van der Waals surface area contributed by atoms with Gasteiger partial charge in [-0.25, -0.2) is 4.79 Å². The summed E-state index contributed by atoms with van der Waals surface area (Å²) in [6.07, 6.45) is 3.49. The van der Waals surface area contributed by atoms with Crippen molar-refractivity contribution >= 4 is 11.0 Å². The van der Waals surface area contributed by atoms with Gasteiger partial charge >= 0.3 is 5.63 Å². The molecule has 0 bridgehead atoms. The van der Waals surface area contributed by atoms with Gasteiger partial charge in [0.1, 0.15) is 17.1 Å². The standard InChI is InChI=1S/C22H17NO4/c1-25-16-7-5-14(6-8-16)19-12-20-18(15-4-3-9-23-13-15)10-17(26-2)11-21(20)27-22(19)24/h3-13H,1-2H3. The van der Waals surface area contributed by atoms with Gasteiger partial charge in [0.05, 0.1) is 19.8 Å². The van der Waals surface area contributed by atoms with Crippen LogP contribution in [-0.4, -0.2) is 19.2 Å². The van der Waals surface area contributed by atoms with E-state index in [-0.39, 0.29) is 0 Å². The molecule has 2 aromatic carbocycles. The Hall–Kier alpha value is -3.60. The Bertz CT molecular complexity index is 1150. The molecule has 134 valence electrons. The topological polar surface area (TPSA) is 61.6 Å². The highest BCUT2D eigenvalue weighted by atomic mass is 16.5. The lowest BCUT2D eigenvalue weighted by Crippen LogP contribution is -2.03. The van der Waals surface area contributed by atoms with Crippen molar-refractivity contribution in [3.63, 3.8) is 0 Å². The number of hydrogen-bond donors (Lipinski definition) is 0. The van der Waals surface area contributed by atoms with Crippen molar-refractivity contribution in [2.24, 2.45) is 0 Å². The number of pyridine rings is 1. The summed E-state index contributed by atoms with van der Waals surface area (Å²) >= 11 is 0. The van der Waals surface area contributed by atoms with Crippen molar-refractivity contribution in [2.75, 3.05) is 14.2 Å². The Morgan fingerprint density at radius 3 is 2.30 bits per heavy atom. The Morgan fingerprint density at radius 1 is 0.852 bits per heavy atom. The minimum absolute atomic E-state index is 0.405. The van der Waals surface area contributed by atoms with Crippen molar-refractivity contribution in [3.05, 3.63) is 77.4 Å². The van der Waals surface area contributed by atoms with Gasteiger partial charge in [0.15, 0.2) is 0 Å². The number of benzene rings is 2. The first-order valence-corrected chi connectivity index (χ1v) is 8.40. The van der Waals surface area contributed by atoms with Crippen LogP contribution in [0.2, 0.25) is 0 Å². The zero-order valence-corrected chi connectivity index (χ0v) is 14.9. The summed E-state index contributed by atoms with van der Waals surface area (Å²) in [5, 5.41) is 0.814. The molecule has 4 rings (SSSR count). The van der Waals surface area contributed by atoms with E-state index in [9.17, 15) is 4.79 Å². The fourth-order valence-corrected chi connectivity index (χ4v) is 3.04. The highest BCUT2D eigenvalue weighted by Gasteiger charge is 2.14. The van der Waals surface area contributed by atoms with Gasteiger partial charge in [-0.05, 0) is 41.5 Å². The molecule has 0 unspecified atom stereocenters. The third-order valence-corrected chi connectivity index (χ3v) is 4.44. The van der Waals surface area contributed by atoms with Gasteiger partial charge in [-0.1, -0.05) is 18.2 Å². The first kappa shape index (κ1) is 16.8.